The van der Waals surface area contributed by atoms with E-state index in [-0.39, 0.29) is 38.6 Å². The van der Waals surface area contributed by atoms with Crippen molar-refractivity contribution in [3.63, 3.8) is 0 Å². The zero-order valence-electron chi connectivity index (χ0n) is 45.2. The van der Waals surface area contributed by atoms with E-state index in [1.54, 1.807) is 0 Å². The third-order valence-electron chi connectivity index (χ3n) is 12.0. The largest absolute Gasteiger partial charge is 0.545 e. The van der Waals surface area contributed by atoms with Crippen molar-refractivity contribution in [2.45, 2.75) is 245 Å². The molecule has 0 saturated carbocycles. The van der Waals surface area contributed by atoms with Crippen molar-refractivity contribution in [3.8, 4) is 0 Å². The number of carboxylic acid groups (broad SMARTS) is 1. The smallest absolute Gasteiger partial charge is 0.306 e. The number of hydrogen-bond donors (Lipinski definition) is 0. The Kier molecular flexibility index (Phi) is 48.7. The van der Waals surface area contributed by atoms with Gasteiger partial charge in [0.25, 0.3) is 0 Å². The van der Waals surface area contributed by atoms with E-state index in [2.05, 4.69) is 86.8 Å². The molecule has 0 amide bonds. The third-order valence-corrected chi connectivity index (χ3v) is 12.0. The molecule has 69 heavy (non-hydrogen) atoms. The zero-order chi connectivity index (χ0) is 50.6. The third kappa shape index (κ3) is 52.4. The van der Waals surface area contributed by atoms with Crippen molar-refractivity contribution < 1.29 is 42.9 Å². The van der Waals surface area contributed by atoms with Gasteiger partial charge in [0.05, 0.1) is 40.3 Å². The van der Waals surface area contributed by atoms with Gasteiger partial charge in [-0.1, -0.05) is 228 Å². The summed E-state index contributed by atoms with van der Waals surface area (Å²) in [5.74, 6) is -2.34. The van der Waals surface area contributed by atoms with E-state index in [4.69, 9.17) is 18.9 Å². The Morgan fingerprint density at radius 1 is 0.449 bits per heavy atom. The topological polar surface area (TPSA) is 111 Å². The SMILES string of the molecule is CC/C=C\C/C=C\C/C=C\C/C=C\C/C=C\C/C=C\CCCCC(=O)OC(COC(=O)CCCCCCCCCCCCCCCCCCCCCCCCC)COC(OCC[N+](C)(C)C)C(=O)[O-]. The molecule has 2 unspecified atom stereocenters. The highest BCUT2D eigenvalue weighted by Gasteiger charge is 2.22. The molecule has 0 aliphatic carbocycles. The highest BCUT2D eigenvalue weighted by atomic mass is 16.7. The highest BCUT2D eigenvalue weighted by molar-refractivity contribution is 5.70. The Hall–Kier alpha value is -3.27. The highest BCUT2D eigenvalue weighted by Crippen LogP contribution is 2.16. The van der Waals surface area contributed by atoms with Crippen LogP contribution in [0.1, 0.15) is 232 Å². The lowest BCUT2D eigenvalue weighted by atomic mass is 10.0. The van der Waals surface area contributed by atoms with E-state index in [1.165, 1.54) is 128 Å². The van der Waals surface area contributed by atoms with Gasteiger partial charge in [-0.3, -0.25) is 9.59 Å². The van der Waals surface area contributed by atoms with Gasteiger partial charge in [-0.15, -0.1) is 0 Å². The van der Waals surface area contributed by atoms with Crippen LogP contribution in [-0.4, -0.2) is 82.3 Å². The Bertz CT molecular complexity index is 1360. The number of unbranched alkanes of at least 4 members (excludes halogenated alkanes) is 24. The number of quaternary nitrogens is 1. The van der Waals surface area contributed by atoms with Crippen LogP contribution < -0.4 is 5.11 Å². The number of carboxylic acids is 1. The molecule has 0 aromatic carbocycles. The normalized spacial score (nSPS) is 13.3. The maximum absolute atomic E-state index is 12.8. The van der Waals surface area contributed by atoms with E-state index in [0.717, 1.165) is 70.6 Å². The van der Waals surface area contributed by atoms with E-state index < -0.39 is 24.3 Å². The molecule has 0 bridgehead atoms. The predicted octanol–water partition coefficient (Wildman–Crippen LogP) is 14.9. The van der Waals surface area contributed by atoms with Crippen molar-refractivity contribution in [1.82, 2.24) is 0 Å². The first-order chi connectivity index (χ1) is 33.6. The first-order valence-corrected chi connectivity index (χ1v) is 28.1. The number of allylic oxidation sites excluding steroid dienone is 12. The van der Waals surface area contributed by atoms with Crippen LogP contribution in [0.5, 0.6) is 0 Å². The predicted molar refractivity (Wildman–Crippen MR) is 288 cm³/mol. The molecule has 0 radical (unpaired) electrons. The number of ether oxygens (including phenoxy) is 4. The fourth-order valence-corrected chi connectivity index (χ4v) is 7.66. The van der Waals surface area contributed by atoms with Gasteiger partial charge in [-0.05, 0) is 64.2 Å². The summed E-state index contributed by atoms with van der Waals surface area (Å²) in [4.78, 5) is 37.2. The molecule has 398 valence electrons. The number of likely N-dealkylation sites (N-methyl/N-ethyl adjacent to an activating group) is 1. The molecule has 0 aromatic heterocycles. The van der Waals surface area contributed by atoms with Crippen LogP contribution in [0.15, 0.2) is 72.9 Å². The molecule has 0 N–H and O–H groups in total. The van der Waals surface area contributed by atoms with Crippen LogP contribution in [0.3, 0.4) is 0 Å². The molecule has 0 saturated heterocycles. The van der Waals surface area contributed by atoms with Crippen molar-refractivity contribution in [1.29, 1.82) is 0 Å². The molecular formula is C60H105NO8. The second kappa shape index (κ2) is 51.1. The van der Waals surface area contributed by atoms with Crippen LogP contribution in [-0.2, 0) is 33.3 Å². The van der Waals surface area contributed by atoms with Crippen LogP contribution in [0.4, 0.5) is 0 Å². The van der Waals surface area contributed by atoms with Crippen LogP contribution >= 0.6 is 0 Å². The number of hydrogen-bond acceptors (Lipinski definition) is 8. The maximum Gasteiger partial charge on any atom is 0.306 e. The lowest BCUT2D eigenvalue weighted by Crippen LogP contribution is -2.44. The van der Waals surface area contributed by atoms with Gasteiger partial charge in [0.15, 0.2) is 12.4 Å². The molecule has 0 heterocycles. The molecule has 2 atom stereocenters. The minimum atomic E-state index is -1.64. The lowest BCUT2D eigenvalue weighted by Gasteiger charge is -2.26. The van der Waals surface area contributed by atoms with E-state index in [9.17, 15) is 19.5 Å². The van der Waals surface area contributed by atoms with Crippen LogP contribution in [0.2, 0.25) is 0 Å². The van der Waals surface area contributed by atoms with Gasteiger partial charge >= 0.3 is 11.9 Å². The molecule has 9 heteroatoms. The average molecular weight is 968 g/mol. The van der Waals surface area contributed by atoms with E-state index >= 15 is 0 Å². The number of rotatable bonds is 51. The second-order valence-corrected chi connectivity index (χ2v) is 19.9. The van der Waals surface area contributed by atoms with Crippen molar-refractivity contribution >= 4 is 17.9 Å². The van der Waals surface area contributed by atoms with Gasteiger partial charge < -0.3 is 33.3 Å². The van der Waals surface area contributed by atoms with Gasteiger partial charge in [0.2, 0.25) is 0 Å². The molecule has 0 spiro atoms. The van der Waals surface area contributed by atoms with Crippen molar-refractivity contribution in [3.05, 3.63) is 72.9 Å². The van der Waals surface area contributed by atoms with E-state index in [1.807, 2.05) is 21.1 Å². The summed E-state index contributed by atoms with van der Waals surface area (Å²) < 4.78 is 22.6. The molecular weight excluding hydrogens is 863 g/mol. The summed E-state index contributed by atoms with van der Waals surface area (Å²) in [7, 11) is 5.90. The van der Waals surface area contributed by atoms with Crippen LogP contribution in [0.25, 0.3) is 0 Å². The standard InChI is InChI=1S/C60H105NO8/c1-6-8-10-12-14-16-18-20-22-24-26-28-29-31-32-34-36-38-40-42-44-46-48-50-57(62)67-54-56(55-68-60(59(64)65)66-53-52-61(3,4)5)69-58(63)51-49-47-45-43-41-39-37-35-33-30-27-25-23-21-19-17-15-13-11-9-7-2/h9,11,15,17,21,23,27,30,35,37,41,43,56,60H,6-8,10,12-14,16,18-20,22,24-26,28-29,31-34,36,38-40,42,44-55H2,1-5H3/b11-9-,17-15-,23-21-,30-27-,37-35-,43-41-. The number of nitrogens with zero attached hydrogens (tertiary/aromatic N) is 1. The van der Waals surface area contributed by atoms with Gasteiger partial charge in [0, 0.05) is 12.8 Å². The lowest BCUT2D eigenvalue weighted by molar-refractivity contribution is -0.870. The van der Waals surface area contributed by atoms with Crippen LogP contribution in [0, 0.1) is 0 Å². The Morgan fingerprint density at radius 3 is 1.23 bits per heavy atom. The molecule has 0 aliphatic heterocycles. The monoisotopic (exact) mass is 968 g/mol. The molecule has 0 aliphatic rings. The maximum atomic E-state index is 12.8. The Labute approximate surface area is 424 Å². The molecule has 9 nitrogen and oxygen atoms in total. The fraction of sp³-hybridized carbons (Fsp3) is 0.750. The zero-order valence-corrected chi connectivity index (χ0v) is 45.2. The Morgan fingerprint density at radius 2 is 0.826 bits per heavy atom. The molecule has 0 aromatic rings. The fourth-order valence-electron chi connectivity index (χ4n) is 7.66. The number of aliphatic carboxylic acids is 1. The quantitative estimate of drug-likeness (QED) is 0.0195. The molecule has 0 rings (SSSR count). The minimum absolute atomic E-state index is 0.137. The number of carbonyl (C=O) groups is 3. The summed E-state index contributed by atoms with van der Waals surface area (Å²) in [6.07, 6.45) is 62.4. The van der Waals surface area contributed by atoms with Gasteiger partial charge in [-0.25, -0.2) is 0 Å². The minimum Gasteiger partial charge on any atom is -0.545 e. The van der Waals surface area contributed by atoms with Gasteiger partial charge in [-0.2, -0.15) is 0 Å². The Balaban J connectivity index is 4.33. The average Bonchev–Trinajstić information content (AvgIpc) is 3.31. The first-order valence-electron chi connectivity index (χ1n) is 28.1. The summed E-state index contributed by atoms with van der Waals surface area (Å²) >= 11 is 0. The summed E-state index contributed by atoms with van der Waals surface area (Å²) in [6, 6.07) is 0. The number of esters is 2. The van der Waals surface area contributed by atoms with Crippen molar-refractivity contribution in [2.75, 3.05) is 47.5 Å². The number of carbonyl (C=O) groups excluding carboxylic acids is 3. The summed E-state index contributed by atoms with van der Waals surface area (Å²) in [5.41, 5.74) is 0. The first kappa shape index (κ1) is 65.7. The van der Waals surface area contributed by atoms with E-state index in [0.29, 0.717) is 17.4 Å². The molecule has 0 fully saturated rings. The summed E-state index contributed by atoms with van der Waals surface area (Å²) in [6.45, 7) is 4.60. The summed E-state index contributed by atoms with van der Waals surface area (Å²) in [5, 5.41) is 11.8. The second-order valence-electron chi connectivity index (χ2n) is 19.9. The van der Waals surface area contributed by atoms with Crippen molar-refractivity contribution in [2.24, 2.45) is 0 Å². The van der Waals surface area contributed by atoms with Gasteiger partial charge in [0.1, 0.15) is 13.2 Å².